The van der Waals surface area contributed by atoms with Crippen molar-refractivity contribution in [3.8, 4) is 0 Å². The Balaban J connectivity index is 2.61. The molecule has 0 spiro atoms. The molecule has 0 aromatic carbocycles. The van der Waals surface area contributed by atoms with Crippen LogP contribution in [-0.2, 0) is 0 Å². The molecule has 0 saturated heterocycles. The fourth-order valence-corrected chi connectivity index (χ4v) is 1.56. The van der Waals surface area contributed by atoms with Crippen LogP contribution in [0.4, 0.5) is 0 Å². The lowest BCUT2D eigenvalue weighted by Gasteiger charge is -2.04. The average molecular weight is 180 g/mol. The van der Waals surface area contributed by atoms with Gasteiger partial charge in [-0.1, -0.05) is 67.3 Å². The number of allylic oxidation sites excluding steroid dienone is 13. The van der Waals surface area contributed by atoms with E-state index >= 15 is 0 Å². The van der Waals surface area contributed by atoms with E-state index in [1.54, 1.807) is 0 Å². The summed E-state index contributed by atoms with van der Waals surface area (Å²) in [7, 11) is 0. The third-order valence-electron chi connectivity index (χ3n) is 2.27. The second-order valence-corrected chi connectivity index (χ2v) is 3.16. The van der Waals surface area contributed by atoms with Crippen molar-refractivity contribution in [2.45, 2.75) is 0 Å². The van der Waals surface area contributed by atoms with E-state index in [0.717, 1.165) is 0 Å². The molecular weight excluding hydrogens is 168 g/mol. The van der Waals surface area contributed by atoms with E-state index in [4.69, 9.17) is 0 Å². The molecule has 0 N–H and O–H groups in total. The lowest BCUT2D eigenvalue weighted by molar-refractivity contribution is 1.51. The largest absolute Gasteiger partial charge is 0.0984 e. The molecule has 2 aliphatic carbocycles. The van der Waals surface area contributed by atoms with Gasteiger partial charge in [0.05, 0.1) is 0 Å². The van der Waals surface area contributed by atoms with E-state index in [-0.39, 0.29) is 0 Å². The lowest BCUT2D eigenvalue weighted by Crippen LogP contribution is -1.85. The first kappa shape index (κ1) is 8.76. The van der Waals surface area contributed by atoms with Crippen molar-refractivity contribution in [3.63, 3.8) is 0 Å². The molecule has 0 aromatic rings. The van der Waals surface area contributed by atoms with Crippen molar-refractivity contribution in [2.75, 3.05) is 0 Å². The highest BCUT2D eigenvalue weighted by molar-refractivity contribution is 5.59. The van der Waals surface area contributed by atoms with Gasteiger partial charge in [-0.3, -0.25) is 0 Å². The standard InChI is InChI=1S/C14H12/c1-2-12-8-6-7-10-13-9-4-3-5-11-14(12)13/h2-11H,1H2. The summed E-state index contributed by atoms with van der Waals surface area (Å²) >= 11 is 0. The summed E-state index contributed by atoms with van der Waals surface area (Å²) in [6, 6.07) is 0. The molecule has 0 saturated carbocycles. The first-order chi connectivity index (χ1) is 6.92. The van der Waals surface area contributed by atoms with Crippen LogP contribution < -0.4 is 0 Å². The first-order valence-electron chi connectivity index (χ1n) is 4.68. The highest BCUT2D eigenvalue weighted by atomic mass is 14.1. The number of fused-ring (bicyclic) bond motifs is 1. The molecule has 0 bridgehead atoms. The highest BCUT2D eigenvalue weighted by Gasteiger charge is 2.05. The Hall–Kier alpha value is -1.82. The SMILES string of the molecule is C=CC1=C2C=CC=CC=C2C=CC=C1. The Morgan fingerprint density at radius 1 is 0.857 bits per heavy atom. The van der Waals surface area contributed by atoms with Gasteiger partial charge in [0.25, 0.3) is 0 Å². The number of hydrogen-bond acceptors (Lipinski definition) is 0. The van der Waals surface area contributed by atoms with Crippen LogP contribution in [0.2, 0.25) is 0 Å². The Morgan fingerprint density at radius 2 is 1.64 bits per heavy atom. The summed E-state index contributed by atoms with van der Waals surface area (Å²) < 4.78 is 0. The van der Waals surface area contributed by atoms with Crippen LogP contribution in [0.25, 0.3) is 0 Å². The predicted octanol–water partition coefficient (Wildman–Crippen LogP) is 3.65. The molecule has 14 heavy (non-hydrogen) atoms. The summed E-state index contributed by atoms with van der Waals surface area (Å²) in [5.74, 6) is 0. The van der Waals surface area contributed by atoms with Gasteiger partial charge in [0.15, 0.2) is 0 Å². The maximum atomic E-state index is 3.83. The Labute approximate surface area is 84.6 Å². The van der Waals surface area contributed by atoms with E-state index < -0.39 is 0 Å². The Kier molecular flexibility index (Phi) is 2.46. The second-order valence-electron chi connectivity index (χ2n) is 3.16. The zero-order valence-corrected chi connectivity index (χ0v) is 7.98. The minimum absolute atomic E-state index is 1.17. The van der Waals surface area contributed by atoms with E-state index in [1.165, 1.54) is 16.7 Å². The molecule has 0 heterocycles. The molecule has 0 nitrogen and oxygen atoms in total. The van der Waals surface area contributed by atoms with E-state index in [2.05, 4.69) is 49.1 Å². The van der Waals surface area contributed by atoms with Crippen molar-refractivity contribution in [2.24, 2.45) is 0 Å². The first-order valence-corrected chi connectivity index (χ1v) is 4.68. The van der Waals surface area contributed by atoms with Gasteiger partial charge in [0.1, 0.15) is 0 Å². The van der Waals surface area contributed by atoms with Crippen LogP contribution in [0, 0.1) is 0 Å². The van der Waals surface area contributed by atoms with Gasteiger partial charge in [0, 0.05) is 0 Å². The molecule has 0 unspecified atom stereocenters. The highest BCUT2D eigenvalue weighted by Crippen LogP contribution is 2.23. The number of rotatable bonds is 1. The van der Waals surface area contributed by atoms with Crippen LogP contribution in [-0.4, -0.2) is 0 Å². The van der Waals surface area contributed by atoms with Crippen molar-refractivity contribution in [1.82, 2.24) is 0 Å². The van der Waals surface area contributed by atoms with Gasteiger partial charge in [0.2, 0.25) is 0 Å². The molecule has 68 valence electrons. The predicted molar refractivity (Wildman–Crippen MR) is 61.9 cm³/mol. The third kappa shape index (κ3) is 1.60. The summed E-state index contributed by atoms with van der Waals surface area (Å²) in [4.78, 5) is 0. The quantitative estimate of drug-likeness (QED) is 0.578. The molecule has 2 rings (SSSR count). The zero-order chi connectivity index (χ0) is 9.80. The van der Waals surface area contributed by atoms with E-state index in [9.17, 15) is 0 Å². The molecule has 0 heteroatoms. The van der Waals surface area contributed by atoms with Gasteiger partial charge in [-0.2, -0.15) is 0 Å². The third-order valence-corrected chi connectivity index (χ3v) is 2.27. The summed E-state index contributed by atoms with van der Waals surface area (Å²) in [6.07, 6.45) is 20.5. The Morgan fingerprint density at radius 3 is 2.50 bits per heavy atom. The normalized spacial score (nSPS) is 18.7. The zero-order valence-electron chi connectivity index (χ0n) is 7.98. The molecule has 0 aliphatic heterocycles. The summed E-state index contributed by atoms with van der Waals surface area (Å²) in [5, 5.41) is 0. The van der Waals surface area contributed by atoms with E-state index in [0.29, 0.717) is 0 Å². The van der Waals surface area contributed by atoms with Crippen molar-refractivity contribution < 1.29 is 0 Å². The fourth-order valence-electron chi connectivity index (χ4n) is 1.56. The minimum atomic E-state index is 1.17. The van der Waals surface area contributed by atoms with Gasteiger partial charge < -0.3 is 0 Å². The van der Waals surface area contributed by atoms with Gasteiger partial charge >= 0.3 is 0 Å². The minimum Gasteiger partial charge on any atom is -0.0984 e. The van der Waals surface area contributed by atoms with Crippen LogP contribution >= 0.6 is 0 Å². The molecule has 2 aliphatic rings. The van der Waals surface area contributed by atoms with Crippen LogP contribution in [0.5, 0.6) is 0 Å². The van der Waals surface area contributed by atoms with E-state index in [1.807, 2.05) is 18.2 Å². The van der Waals surface area contributed by atoms with Crippen molar-refractivity contribution in [3.05, 3.63) is 84.1 Å². The fraction of sp³-hybridized carbons (Fsp3) is 0. The molecule has 0 aromatic heterocycles. The topological polar surface area (TPSA) is 0 Å². The van der Waals surface area contributed by atoms with Gasteiger partial charge in [-0.05, 0) is 16.7 Å². The summed E-state index contributed by atoms with van der Waals surface area (Å²) in [6.45, 7) is 3.83. The van der Waals surface area contributed by atoms with Gasteiger partial charge in [-0.25, -0.2) is 0 Å². The lowest BCUT2D eigenvalue weighted by atomic mass is 10.0. The maximum Gasteiger partial charge on any atom is -0.0112 e. The molecule has 0 atom stereocenters. The molecule has 0 radical (unpaired) electrons. The van der Waals surface area contributed by atoms with Crippen molar-refractivity contribution in [1.29, 1.82) is 0 Å². The smallest absolute Gasteiger partial charge is 0.0112 e. The maximum absolute atomic E-state index is 3.83. The average Bonchev–Trinajstić information content (AvgIpc) is 2.51. The van der Waals surface area contributed by atoms with Crippen LogP contribution in [0.3, 0.4) is 0 Å². The monoisotopic (exact) mass is 180 g/mol. The van der Waals surface area contributed by atoms with Crippen molar-refractivity contribution >= 4 is 0 Å². The van der Waals surface area contributed by atoms with Crippen LogP contribution in [0.15, 0.2) is 84.1 Å². The molecule has 0 fully saturated rings. The Bertz CT molecular complexity index is 421. The van der Waals surface area contributed by atoms with Crippen LogP contribution in [0.1, 0.15) is 0 Å². The van der Waals surface area contributed by atoms with Gasteiger partial charge in [-0.15, -0.1) is 0 Å². The molecular formula is C14H12. The molecule has 0 amide bonds. The number of hydrogen-bond donors (Lipinski definition) is 0. The second kappa shape index (κ2) is 3.93. The summed E-state index contributed by atoms with van der Waals surface area (Å²) in [5.41, 5.74) is 3.63.